The third kappa shape index (κ3) is 2.09. The average Bonchev–Trinajstić information content (AvgIpc) is 3.17. The zero-order valence-corrected chi connectivity index (χ0v) is 12.0. The highest BCUT2D eigenvalue weighted by Gasteiger charge is 2.28. The number of rotatable bonds is 2. The molecule has 1 aliphatic heterocycles. The first-order valence-corrected chi connectivity index (χ1v) is 7.41. The molecule has 1 atom stereocenters. The lowest BCUT2D eigenvalue weighted by molar-refractivity contribution is 0.458. The summed E-state index contributed by atoms with van der Waals surface area (Å²) in [6, 6.07) is 10.2. The summed E-state index contributed by atoms with van der Waals surface area (Å²) in [6.07, 6.45) is 5.61. The Morgan fingerprint density at radius 2 is 2.09 bits per heavy atom. The number of fused-ring (bicyclic) bond motifs is 1. The first kappa shape index (κ1) is 13.1. The summed E-state index contributed by atoms with van der Waals surface area (Å²) in [5, 5.41) is 14.3. The van der Waals surface area contributed by atoms with Crippen molar-refractivity contribution < 1.29 is 9.50 Å². The molecule has 22 heavy (non-hydrogen) atoms. The summed E-state index contributed by atoms with van der Waals surface area (Å²) < 4.78 is 15.4. The molecule has 0 saturated carbocycles. The number of halogens is 1. The number of nitrogens with zero attached hydrogens (tertiary/aromatic N) is 3. The minimum atomic E-state index is -0.314. The molecule has 0 unspecified atom stereocenters. The third-order valence-electron chi connectivity index (χ3n) is 4.32. The number of aromatic nitrogens is 2. The highest BCUT2D eigenvalue weighted by atomic mass is 19.1. The number of aromatic hydroxyl groups is 1. The lowest BCUT2D eigenvalue weighted by atomic mass is 10.0. The van der Waals surface area contributed by atoms with Gasteiger partial charge in [0.05, 0.1) is 11.6 Å². The van der Waals surface area contributed by atoms with E-state index in [1.165, 1.54) is 18.2 Å². The molecule has 3 aromatic rings. The van der Waals surface area contributed by atoms with Crippen molar-refractivity contribution in [2.24, 2.45) is 0 Å². The summed E-state index contributed by atoms with van der Waals surface area (Å²) in [5.74, 6) is -0.158. The van der Waals surface area contributed by atoms with Crippen molar-refractivity contribution >= 4 is 11.2 Å². The molecule has 1 aromatic carbocycles. The van der Waals surface area contributed by atoms with Crippen LogP contribution in [0.25, 0.3) is 5.52 Å². The monoisotopic (exact) mass is 297 g/mol. The second kappa shape index (κ2) is 5.02. The van der Waals surface area contributed by atoms with E-state index in [-0.39, 0.29) is 17.6 Å². The van der Waals surface area contributed by atoms with Gasteiger partial charge >= 0.3 is 0 Å². The van der Waals surface area contributed by atoms with Crippen LogP contribution in [0.3, 0.4) is 0 Å². The predicted molar refractivity (Wildman–Crippen MR) is 82.6 cm³/mol. The van der Waals surface area contributed by atoms with E-state index in [0.717, 1.165) is 30.6 Å². The second-order valence-electron chi connectivity index (χ2n) is 5.64. The molecule has 0 amide bonds. The van der Waals surface area contributed by atoms with Gasteiger partial charge in [-0.15, -0.1) is 0 Å². The molecule has 3 heterocycles. The molecule has 0 aliphatic carbocycles. The fourth-order valence-electron chi connectivity index (χ4n) is 3.28. The normalized spacial score (nSPS) is 18.2. The van der Waals surface area contributed by atoms with Gasteiger partial charge < -0.3 is 10.0 Å². The van der Waals surface area contributed by atoms with Gasteiger partial charge in [-0.05, 0) is 49.2 Å². The predicted octanol–water partition coefficient (Wildman–Crippen LogP) is 3.52. The number of hydrogen-bond donors (Lipinski definition) is 1. The van der Waals surface area contributed by atoms with Crippen molar-refractivity contribution in [3.63, 3.8) is 0 Å². The minimum Gasteiger partial charge on any atom is -0.508 e. The molecule has 1 aliphatic rings. The Morgan fingerprint density at radius 3 is 3.00 bits per heavy atom. The quantitative estimate of drug-likeness (QED) is 0.787. The Kier molecular flexibility index (Phi) is 2.99. The second-order valence-corrected chi connectivity index (χ2v) is 5.64. The van der Waals surface area contributed by atoms with Crippen molar-refractivity contribution in [1.82, 2.24) is 9.61 Å². The summed E-state index contributed by atoms with van der Waals surface area (Å²) in [5.41, 5.74) is 2.75. The van der Waals surface area contributed by atoms with Gasteiger partial charge in [-0.2, -0.15) is 5.10 Å². The molecule has 4 rings (SSSR count). The third-order valence-corrected chi connectivity index (χ3v) is 4.32. The fraction of sp³-hybridized carbons (Fsp3) is 0.235. The number of benzene rings is 1. The van der Waals surface area contributed by atoms with Gasteiger partial charge in [-0.3, -0.25) is 0 Å². The first-order chi connectivity index (χ1) is 10.7. The van der Waals surface area contributed by atoms with Crippen molar-refractivity contribution in [1.29, 1.82) is 0 Å². The van der Waals surface area contributed by atoms with Crippen LogP contribution in [0.5, 0.6) is 5.75 Å². The maximum absolute atomic E-state index is 13.6. The average molecular weight is 297 g/mol. The van der Waals surface area contributed by atoms with Crippen LogP contribution in [0, 0.1) is 5.82 Å². The molecular formula is C17H16FN3O. The fourth-order valence-corrected chi connectivity index (χ4v) is 3.28. The molecule has 1 saturated heterocycles. The van der Waals surface area contributed by atoms with E-state index in [2.05, 4.69) is 16.1 Å². The molecule has 112 valence electrons. The summed E-state index contributed by atoms with van der Waals surface area (Å²) in [6.45, 7) is 0.894. The van der Waals surface area contributed by atoms with Gasteiger partial charge in [0, 0.05) is 30.2 Å². The van der Waals surface area contributed by atoms with E-state index in [0.29, 0.717) is 5.56 Å². The molecule has 1 fully saturated rings. The number of pyridine rings is 1. The molecule has 4 nitrogen and oxygen atoms in total. The van der Waals surface area contributed by atoms with E-state index in [4.69, 9.17) is 0 Å². The largest absolute Gasteiger partial charge is 0.508 e. The molecule has 0 radical (unpaired) electrons. The van der Waals surface area contributed by atoms with Gasteiger partial charge in [0.15, 0.2) is 0 Å². The zero-order valence-electron chi connectivity index (χ0n) is 12.0. The minimum absolute atomic E-state index is 0.000992. The van der Waals surface area contributed by atoms with Crippen LogP contribution in [0.15, 0.2) is 48.8 Å². The van der Waals surface area contributed by atoms with Crippen LogP contribution in [-0.2, 0) is 0 Å². The molecule has 1 N–H and O–H groups in total. The molecule has 2 aromatic heterocycles. The number of hydrogen-bond acceptors (Lipinski definition) is 3. The molecule has 0 spiro atoms. The summed E-state index contributed by atoms with van der Waals surface area (Å²) >= 11 is 0. The maximum atomic E-state index is 13.6. The Morgan fingerprint density at radius 1 is 1.18 bits per heavy atom. The van der Waals surface area contributed by atoms with Crippen molar-refractivity contribution in [3.05, 3.63) is 60.2 Å². The summed E-state index contributed by atoms with van der Waals surface area (Å²) in [7, 11) is 0. The van der Waals surface area contributed by atoms with Crippen LogP contribution < -0.4 is 4.90 Å². The van der Waals surface area contributed by atoms with Gasteiger partial charge in [0.2, 0.25) is 0 Å². The lowest BCUT2D eigenvalue weighted by Crippen LogP contribution is -2.22. The van der Waals surface area contributed by atoms with Crippen LogP contribution in [0.2, 0.25) is 0 Å². The Balaban J connectivity index is 1.75. The Labute approximate surface area is 127 Å². The van der Waals surface area contributed by atoms with E-state index < -0.39 is 0 Å². The van der Waals surface area contributed by atoms with E-state index in [1.807, 2.05) is 22.8 Å². The first-order valence-electron chi connectivity index (χ1n) is 7.41. The van der Waals surface area contributed by atoms with E-state index in [1.54, 1.807) is 6.20 Å². The van der Waals surface area contributed by atoms with Gasteiger partial charge in [-0.1, -0.05) is 0 Å². The molecular weight excluding hydrogens is 281 g/mol. The number of phenols is 1. The topological polar surface area (TPSA) is 40.8 Å². The highest BCUT2D eigenvalue weighted by Crippen LogP contribution is 2.39. The summed E-state index contributed by atoms with van der Waals surface area (Å²) in [4.78, 5) is 2.22. The smallest absolute Gasteiger partial charge is 0.123 e. The van der Waals surface area contributed by atoms with Crippen LogP contribution in [0.4, 0.5) is 10.1 Å². The van der Waals surface area contributed by atoms with Crippen LogP contribution in [-0.4, -0.2) is 21.3 Å². The van der Waals surface area contributed by atoms with Crippen molar-refractivity contribution in [2.75, 3.05) is 11.4 Å². The van der Waals surface area contributed by atoms with E-state index in [9.17, 15) is 9.50 Å². The molecule has 5 heteroatoms. The van der Waals surface area contributed by atoms with Crippen LogP contribution >= 0.6 is 0 Å². The van der Waals surface area contributed by atoms with Crippen molar-refractivity contribution in [3.8, 4) is 5.75 Å². The molecule has 0 bridgehead atoms. The van der Waals surface area contributed by atoms with Gasteiger partial charge in [0.25, 0.3) is 0 Å². The lowest BCUT2D eigenvalue weighted by Gasteiger charge is -2.27. The Bertz CT molecular complexity index is 830. The van der Waals surface area contributed by atoms with Crippen LogP contribution in [0.1, 0.15) is 24.4 Å². The van der Waals surface area contributed by atoms with E-state index >= 15 is 0 Å². The van der Waals surface area contributed by atoms with Gasteiger partial charge in [-0.25, -0.2) is 8.91 Å². The SMILES string of the molecule is Oc1ccc(F)cc1[C@H]1CCCN1c1ccn2nccc2c1. The van der Waals surface area contributed by atoms with Gasteiger partial charge in [0.1, 0.15) is 11.6 Å². The Hall–Kier alpha value is -2.56. The standard InChI is InChI=1S/C17H16FN3O/c18-12-3-4-17(22)15(10-12)16-2-1-8-20(16)13-6-9-21-14(11-13)5-7-19-21/h3-7,9-11,16,22H,1-2,8H2/t16-/m1/s1. The van der Waals surface area contributed by atoms with Crippen molar-refractivity contribution in [2.45, 2.75) is 18.9 Å². The maximum Gasteiger partial charge on any atom is 0.123 e. The highest BCUT2D eigenvalue weighted by molar-refractivity contribution is 5.61. The number of phenolic OH excluding ortho intramolecular Hbond substituents is 1. The number of anilines is 1. The zero-order chi connectivity index (χ0) is 15.1.